The highest BCUT2D eigenvalue weighted by Gasteiger charge is 2.93. The van der Waals surface area contributed by atoms with Crippen LogP contribution in [-0.4, -0.2) is 34.5 Å². The Morgan fingerprint density at radius 1 is 1.38 bits per heavy atom. The summed E-state index contributed by atoms with van der Waals surface area (Å²) in [4.78, 5) is 12.0. The highest BCUT2D eigenvalue weighted by atomic mass is 16.6. The molecule has 88 valence electrons. The Bertz CT molecular complexity index is 394. The number of aliphatic hydroxyl groups is 2. The molecule has 5 aliphatic rings. The largest absolute Gasteiger partial charge is 0.461 e. The summed E-state index contributed by atoms with van der Waals surface area (Å²) in [7, 11) is 0. The molecule has 4 saturated carbocycles. The van der Waals surface area contributed by atoms with Crippen molar-refractivity contribution in [3.05, 3.63) is 0 Å². The molecule has 4 bridgehead atoms. The second kappa shape index (κ2) is 2.31. The lowest BCUT2D eigenvalue weighted by molar-refractivity contribution is -0.285. The van der Waals surface area contributed by atoms with Crippen molar-refractivity contribution >= 4 is 5.97 Å². The Morgan fingerprint density at radius 3 is 2.88 bits per heavy atom. The van der Waals surface area contributed by atoms with Crippen molar-refractivity contribution < 1.29 is 19.7 Å². The maximum atomic E-state index is 12.0. The molecule has 0 unspecified atom stereocenters. The van der Waals surface area contributed by atoms with Crippen LogP contribution in [0.25, 0.3) is 0 Å². The third-order valence-electron chi connectivity index (χ3n) is 5.99. The molecule has 5 atom stereocenters. The van der Waals surface area contributed by atoms with E-state index in [2.05, 4.69) is 0 Å². The van der Waals surface area contributed by atoms with Gasteiger partial charge in [0.05, 0.1) is 17.4 Å². The molecule has 5 rings (SSSR count). The Morgan fingerprint density at radius 2 is 2.12 bits per heavy atom. The number of carbonyl (C=O) groups is 1. The molecule has 16 heavy (non-hydrogen) atoms. The molecule has 0 aromatic carbocycles. The zero-order valence-electron chi connectivity index (χ0n) is 9.11. The third-order valence-corrected chi connectivity index (χ3v) is 5.99. The molecule has 1 heterocycles. The summed E-state index contributed by atoms with van der Waals surface area (Å²) in [5.41, 5.74) is -1.94. The third kappa shape index (κ3) is 0.545. The SMILES string of the molecule is O=C1O[C@H]2C[C@@H]3[C@](O)(CO)[C@]24CCCC[C@@]134. The first-order valence-corrected chi connectivity index (χ1v) is 6.18. The van der Waals surface area contributed by atoms with Gasteiger partial charge in [0.15, 0.2) is 0 Å². The van der Waals surface area contributed by atoms with E-state index in [0.717, 1.165) is 32.1 Å². The topological polar surface area (TPSA) is 66.8 Å². The number of carbonyl (C=O) groups excluding carboxylic acids is 1. The summed E-state index contributed by atoms with van der Waals surface area (Å²) in [6, 6.07) is 0. The number of aliphatic hydroxyl groups excluding tert-OH is 1. The predicted octanol–water partition coefficient (Wildman–Crippen LogP) is 0.215. The van der Waals surface area contributed by atoms with Crippen LogP contribution < -0.4 is 0 Å². The van der Waals surface area contributed by atoms with E-state index < -0.39 is 16.4 Å². The van der Waals surface area contributed by atoms with Gasteiger partial charge in [-0.3, -0.25) is 4.79 Å². The van der Waals surface area contributed by atoms with Crippen molar-refractivity contribution in [3.63, 3.8) is 0 Å². The van der Waals surface area contributed by atoms with Gasteiger partial charge < -0.3 is 14.9 Å². The Kier molecular flexibility index (Phi) is 1.36. The summed E-state index contributed by atoms with van der Waals surface area (Å²) >= 11 is 0. The quantitative estimate of drug-likeness (QED) is 0.625. The monoisotopic (exact) mass is 224 g/mol. The van der Waals surface area contributed by atoms with Crippen LogP contribution in [-0.2, 0) is 9.53 Å². The molecular formula is C12H16O4. The van der Waals surface area contributed by atoms with Crippen molar-refractivity contribution in [2.45, 2.75) is 43.8 Å². The van der Waals surface area contributed by atoms with Gasteiger partial charge >= 0.3 is 5.97 Å². The van der Waals surface area contributed by atoms with E-state index in [9.17, 15) is 15.0 Å². The van der Waals surface area contributed by atoms with Crippen LogP contribution in [0.3, 0.4) is 0 Å². The average Bonchev–Trinajstić information content (AvgIpc) is 2.82. The predicted molar refractivity (Wildman–Crippen MR) is 53.4 cm³/mol. The van der Waals surface area contributed by atoms with Crippen molar-refractivity contribution in [2.75, 3.05) is 6.61 Å². The van der Waals surface area contributed by atoms with Crippen LogP contribution in [0.1, 0.15) is 32.1 Å². The highest BCUT2D eigenvalue weighted by molar-refractivity contribution is 5.86. The molecule has 0 aromatic heterocycles. The number of ether oxygens (including phenoxy) is 1. The van der Waals surface area contributed by atoms with Crippen LogP contribution in [0.15, 0.2) is 0 Å². The van der Waals surface area contributed by atoms with Crippen molar-refractivity contribution in [2.24, 2.45) is 16.7 Å². The van der Waals surface area contributed by atoms with Crippen LogP contribution >= 0.6 is 0 Å². The molecule has 5 fully saturated rings. The fourth-order valence-corrected chi connectivity index (χ4v) is 5.58. The van der Waals surface area contributed by atoms with E-state index in [-0.39, 0.29) is 24.6 Å². The van der Waals surface area contributed by atoms with Gasteiger partial charge in [-0.1, -0.05) is 12.8 Å². The molecular weight excluding hydrogens is 208 g/mol. The molecule has 0 amide bonds. The Hall–Kier alpha value is -0.610. The minimum atomic E-state index is -1.05. The van der Waals surface area contributed by atoms with Gasteiger partial charge in [-0.25, -0.2) is 0 Å². The molecule has 4 nitrogen and oxygen atoms in total. The summed E-state index contributed by atoms with van der Waals surface area (Å²) in [5.74, 6) is -0.164. The van der Waals surface area contributed by atoms with Crippen LogP contribution in [0, 0.1) is 16.7 Å². The highest BCUT2D eigenvalue weighted by Crippen LogP contribution is 2.84. The summed E-state index contributed by atoms with van der Waals surface area (Å²) in [6.45, 7) is -0.230. The number of hydrogen-bond donors (Lipinski definition) is 2. The lowest BCUT2D eigenvalue weighted by Crippen LogP contribution is -2.75. The lowest BCUT2D eigenvalue weighted by Gasteiger charge is -2.65. The maximum Gasteiger partial charge on any atom is 0.313 e. The number of hydrogen-bond acceptors (Lipinski definition) is 4. The number of esters is 1. The number of rotatable bonds is 1. The van der Waals surface area contributed by atoms with Gasteiger partial charge in [-0.2, -0.15) is 0 Å². The molecule has 2 N–H and O–H groups in total. The summed E-state index contributed by atoms with van der Waals surface area (Å²) < 4.78 is 5.43. The first-order chi connectivity index (χ1) is 7.63. The van der Waals surface area contributed by atoms with Gasteiger partial charge in [-0.15, -0.1) is 0 Å². The van der Waals surface area contributed by atoms with E-state index in [4.69, 9.17) is 4.74 Å². The first-order valence-electron chi connectivity index (χ1n) is 6.18. The zero-order chi connectivity index (χ0) is 11.2. The molecule has 1 aliphatic heterocycles. The Labute approximate surface area is 93.6 Å². The second-order valence-electron chi connectivity index (χ2n) is 5.91. The van der Waals surface area contributed by atoms with Gasteiger partial charge in [-0.05, 0) is 19.3 Å². The molecule has 4 aliphatic carbocycles. The van der Waals surface area contributed by atoms with E-state index in [1.165, 1.54) is 0 Å². The smallest absolute Gasteiger partial charge is 0.313 e. The zero-order valence-corrected chi connectivity index (χ0v) is 9.11. The molecule has 0 radical (unpaired) electrons. The summed E-state index contributed by atoms with van der Waals surface area (Å²) in [5, 5.41) is 20.1. The van der Waals surface area contributed by atoms with E-state index >= 15 is 0 Å². The molecule has 1 spiro atoms. The standard InChI is InChI=1S/C12H16O4/c13-6-12(15)7-5-8-11(12)4-2-1-3-10(7,11)9(14)16-8/h7-8,13,15H,1-6H2/t7-,8-,10-,11+,12+/m0/s1. The molecule has 1 saturated heterocycles. The maximum absolute atomic E-state index is 12.0. The average molecular weight is 224 g/mol. The van der Waals surface area contributed by atoms with Gasteiger partial charge in [0, 0.05) is 5.92 Å². The molecule has 0 aromatic rings. The van der Waals surface area contributed by atoms with Crippen molar-refractivity contribution in [1.82, 2.24) is 0 Å². The fraction of sp³-hybridized carbons (Fsp3) is 0.917. The van der Waals surface area contributed by atoms with E-state index in [1.807, 2.05) is 0 Å². The van der Waals surface area contributed by atoms with Crippen molar-refractivity contribution in [3.8, 4) is 0 Å². The minimum absolute atomic E-state index is 0.0588. The normalized spacial score (nSPS) is 61.5. The Balaban J connectivity index is 1.93. The van der Waals surface area contributed by atoms with Crippen LogP contribution in [0.4, 0.5) is 0 Å². The first kappa shape index (κ1) is 9.42. The fourth-order valence-electron chi connectivity index (χ4n) is 5.58. The summed E-state index contributed by atoms with van der Waals surface area (Å²) in [6.07, 6.45) is 4.36. The second-order valence-corrected chi connectivity index (χ2v) is 5.91. The minimum Gasteiger partial charge on any atom is -0.461 e. The van der Waals surface area contributed by atoms with Crippen LogP contribution in [0.2, 0.25) is 0 Å². The van der Waals surface area contributed by atoms with Gasteiger partial charge in [0.1, 0.15) is 11.7 Å². The van der Waals surface area contributed by atoms with Crippen LogP contribution in [0.5, 0.6) is 0 Å². The van der Waals surface area contributed by atoms with E-state index in [0.29, 0.717) is 0 Å². The van der Waals surface area contributed by atoms with Crippen molar-refractivity contribution in [1.29, 1.82) is 0 Å². The molecule has 4 heteroatoms. The van der Waals surface area contributed by atoms with Gasteiger partial charge in [0.25, 0.3) is 0 Å². The van der Waals surface area contributed by atoms with Gasteiger partial charge in [0.2, 0.25) is 0 Å². The van der Waals surface area contributed by atoms with E-state index in [1.54, 1.807) is 0 Å². The lowest BCUT2D eigenvalue weighted by atomic mass is 9.37.